The van der Waals surface area contributed by atoms with E-state index in [1.54, 1.807) is 18.1 Å². The van der Waals surface area contributed by atoms with Crippen LogP contribution in [0.25, 0.3) is 0 Å². The Morgan fingerprint density at radius 2 is 2.00 bits per heavy atom. The van der Waals surface area contributed by atoms with Crippen LogP contribution in [0.3, 0.4) is 0 Å². The molecule has 0 spiro atoms. The summed E-state index contributed by atoms with van der Waals surface area (Å²) >= 11 is 3.42. The Hall–Kier alpha value is -1.56. The maximum atomic E-state index is 12.7. The van der Waals surface area contributed by atoms with Gasteiger partial charge in [0.1, 0.15) is 5.75 Å². The third-order valence-corrected chi connectivity index (χ3v) is 5.57. The Labute approximate surface area is 144 Å². The second-order valence-corrected chi connectivity index (χ2v) is 7.11. The number of ether oxygens (including phenoxy) is 1. The topological polar surface area (TPSA) is 49.9 Å². The van der Waals surface area contributed by atoms with Crippen LogP contribution in [0, 0.1) is 5.92 Å². The molecule has 1 aliphatic heterocycles. The molecule has 23 heavy (non-hydrogen) atoms. The molecule has 0 aromatic heterocycles. The van der Waals surface area contributed by atoms with Crippen LogP contribution in [0.2, 0.25) is 0 Å². The van der Waals surface area contributed by atoms with E-state index in [1.165, 1.54) is 0 Å². The molecular weight excluding hydrogens is 360 g/mol. The van der Waals surface area contributed by atoms with Crippen molar-refractivity contribution in [2.45, 2.75) is 25.3 Å². The number of nitrogens with zero attached hydrogens (tertiary/aromatic N) is 2. The number of carbonyl (C=O) groups excluding carboxylic acids is 2. The number of rotatable bonds is 4. The molecule has 0 radical (unpaired) electrons. The van der Waals surface area contributed by atoms with Crippen molar-refractivity contribution >= 4 is 27.7 Å². The fourth-order valence-corrected chi connectivity index (χ4v) is 3.55. The van der Waals surface area contributed by atoms with Crippen molar-refractivity contribution in [3.63, 3.8) is 0 Å². The zero-order valence-electron chi connectivity index (χ0n) is 13.4. The maximum absolute atomic E-state index is 12.7. The smallest absolute Gasteiger partial charge is 0.258 e. The fourth-order valence-electron chi connectivity index (χ4n) is 3.03. The number of halogens is 1. The van der Waals surface area contributed by atoms with E-state index in [0.717, 1.165) is 23.7 Å². The predicted molar refractivity (Wildman–Crippen MR) is 90.5 cm³/mol. The Morgan fingerprint density at radius 3 is 2.57 bits per heavy atom. The zero-order chi connectivity index (χ0) is 16.6. The van der Waals surface area contributed by atoms with Gasteiger partial charge in [-0.25, -0.2) is 0 Å². The van der Waals surface area contributed by atoms with Gasteiger partial charge in [-0.1, -0.05) is 12.5 Å². The summed E-state index contributed by atoms with van der Waals surface area (Å²) in [4.78, 5) is 28.5. The van der Waals surface area contributed by atoms with Crippen molar-refractivity contribution < 1.29 is 14.3 Å². The lowest BCUT2D eigenvalue weighted by atomic mass is 9.84. The van der Waals surface area contributed by atoms with Crippen molar-refractivity contribution in [1.82, 2.24) is 9.80 Å². The lowest BCUT2D eigenvalue weighted by Gasteiger charge is -2.45. The quantitative estimate of drug-likeness (QED) is 0.806. The third kappa shape index (κ3) is 2.96. The third-order valence-electron chi connectivity index (χ3n) is 4.91. The second kappa shape index (κ2) is 6.51. The van der Waals surface area contributed by atoms with E-state index in [2.05, 4.69) is 15.9 Å². The first kappa shape index (κ1) is 16.3. The Bertz CT molecular complexity index is 624. The van der Waals surface area contributed by atoms with Gasteiger partial charge >= 0.3 is 0 Å². The normalized spacial score (nSPS) is 18.1. The number of carbonyl (C=O) groups is 2. The van der Waals surface area contributed by atoms with Gasteiger partial charge in [0.2, 0.25) is 5.91 Å². The Morgan fingerprint density at radius 1 is 1.30 bits per heavy atom. The molecule has 2 aliphatic rings. The highest BCUT2D eigenvalue weighted by Crippen LogP contribution is 2.32. The van der Waals surface area contributed by atoms with Gasteiger partial charge < -0.3 is 14.5 Å². The lowest BCUT2D eigenvalue weighted by molar-refractivity contribution is -0.141. The van der Waals surface area contributed by atoms with Gasteiger partial charge in [0.15, 0.2) is 0 Å². The summed E-state index contributed by atoms with van der Waals surface area (Å²) in [6.45, 7) is 1.16. The SMILES string of the molecule is COc1cccc(Br)c1C(=O)N1CC(N(C)C(=O)C2CCC2)C1. The molecule has 1 heterocycles. The molecule has 124 valence electrons. The van der Waals surface area contributed by atoms with Gasteiger partial charge in [-0.15, -0.1) is 0 Å². The van der Waals surface area contributed by atoms with Crippen LogP contribution in [0.15, 0.2) is 22.7 Å². The second-order valence-electron chi connectivity index (χ2n) is 6.26. The minimum Gasteiger partial charge on any atom is -0.496 e. The number of amides is 2. The summed E-state index contributed by atoms with van der Waals surface area (Å²) in [7, 11) is 3.41. The highest BCUT2D eigenvalue weighted by atomic mass is 79.9. The molecule has 0 atom stereocenters. The fraction of sp³-hybridized carbons (Fsp3) is 0.529. The van der Waals surface area contributed by atoms with Crippen molar-refractivity contribution in [3.8, 4) is 5.75 Å². The highest BCUT2D eigenvalue weighted by molar-refractivity contribution is 9.10. The van der Waals surface area contributed by atoms with Crippen LogP contribution in [0.1, 0.15) is 29.6 Å². The minimum absolute atomic E-state index is 0.0601. The van der Waals surface area contributed by atoms with E-state index in [-0.39, 0.29) is 23.8 Å². The van der Waals surface area contributed by atoms with Gasteiger partial charge in [-0.05, 0) is 40.9 Å². The highest BCUT2D eigenvalue weighted by Gasteiger charge is 2.39. The van der Waals surface area contributed by atoms with Crippen LogP contribution in [0.4, 0.5) is 0 Å². The monoisotopic (exact) mass is 380 g/mol. The first-order chi connectivity index (χ1) is 11.0. The van der Waals surface area contributed by atoms with Gasteiger partial charge in [0.05, 0.1) is 18.7 Å². The first-order valence-corrected chi connectivity index (χ1v) is 8.70. The van der Waals surface area contributed by atoms with Crippen molar-refractivity contribution in [2.24, 2.45) is 5.92 Å². The predicted octanol–water partition coefficient (Wildman–Crippen LogP) is 2.54. The number of hydrogen-bond acceptors (Lipinski definition) is 3. The van der Waals surface area contributed by atoms with Crippen molar-refractivity contribution in [3.05, 3.63) is 28.2 Å². The lowest BCUT2D eigenvalue weighted by Crippen LogP contribution is -2.62. The standard InChI is InChI=1S/C17H21BrN2O3/c1-19(16(21)11-5-3-6-11)12-9-20(10-12)17(22)15-13(18)7-4-8-14(15)23-2/h4,7-8,11-12H,3,5-6,9-10H2,1-2H3. The largest absolute Gasteiger partial charge is 0.496 e. The van der Waals surface area contributed by atoms with E-state index in [0.29, 0.717) is 24.4 Å². The molecule has 1 aliphatic carbocycles. The molecule has 3 rings (SSSR count). The molecule has 2 fully saturated rings. The van der Waals surface area contributed by atoms with E-state index < -0.39 is 0 Å². The van der Waals surface area contributed by atoms with E-state index >= 15 is 0 Å². The Kier molecular flexibility index (Phi) is 4.62. The number of likely N-dealkylation sites (tertiary alicyclic amines) is 1. The zero-order valence-corrected chi connectivity index (χ0v) is 15.0. The molecule has 5 nitrogen and oxygen atoms in total. The van der Waals surface area contributed by atoms with Gasteiger partial charge in [-0.3, -0.25) is 9.59 Å². The number of likely N-dealkylation sites (N-methyl/N-ethyl adjacent to an activating group) is 1. The molecule has 0 bridgehead atoms. The molecular formula is C17H21BrN2O3. The minimum atomic E-state index is -0.0601. The van der Waals surface area contributed by atoms with Crippen LogP contribution < -0.4 is 4.74 Å². The van der Waals surface area contributed by atoms with Crippen molar-refractivity contribution in [2.75, 3.05) is 27.2 Å². The molecule has 2 amide bonds. The molecule has 1 saturated carbocycles. The van der Waals surface area contributed by atoms with Crippen LogP contribution >= 0.6 is 15.9 Å². The van der Waals surface area contributed by atoms with E-state index in [4.69, 9.17) is 4.74 Å². The van der Waals surface area contributed by atoms with Gasteiger partial charge in [0, 0.05) is 30.5 Å². The molecule has 0 unspecified atom stereocenters. The molecule has 0 N–H and O–H groups in total. The van der Waals surface area contributed by atoms with Crippen LogP contribution in [0.5, 0.6) is 5.75 Å². The summed E-state index contributed by atoms with van der Waals surface area (Å²) in [6, 6.07) is 5.57. The summed E-state index contributed by atoms with van der Waals surface area (Å²) in [5, 5.41) is 0. The Balaban J connectivity index is 1.63. The maximum Gasteiger partial charge on any atom is 0.258 e. The molecule has 1 saturated heterocycles. The number of methoxy groups -OCH3 is 1. The van der Waals surface area contributed by atoms with Crippen LogP contribution in [-0.4, -0.2) is 54.9 Å². The number of hydrogen-bond donors (Lipinski definition) is 0. The average Bonchev–Trinajstić information content (AvgIpc) is 2.42. The van der Waals surface area contributed by atoms with Crippen LogP contribution in [-0.2, 0) is 4.79 Å². The summed E-state index contributed by atoms with van der Waals surface area (Å²) < 4.78 is 6.02. The van der Waals surface area contributed by atoms with Crippen molar-refractivity contribution in [1.29, 1.82) is 0 Å². The first-order valence-electron chi connectivity index (χ1n) is 7.91. The van der Waals surface area contributed by atoms with E-state index in [1.807, 2.05) is 24.1 Å². The summed E-state index contributed by atoms with van der Waals surface area (Å²) in [5.74, 6) is 0.932. The average molecular weight is 381 g/mol. The van der Waals surface area contributed by atoms with Gasteiger partial charge in [0.25, 0.3) is 5.91 Å². The molecule has 1 aromatic rings. The number of benzene rings is 1. The van der Waals surface area contributed by atoms with E-state index in [9.17, 15) is 9.59 Å². The molecule has 1 aromatic carbocycles. The molecule has 6 heteroatoms. The summed E-state index contributed by atoms with van der Waals surface area (Å²) in [5.41, 5.74) is 0.543. The summed E-state index contributed by atoms with van der Waals surface area (Å²) in [6.07, 6.45) is 3.17. The van der Waals surface area contributed by atoms with Gasteiger partial charge in [-0.2, -0.15) is 0 Å².